The maximum absolute atomic E-state index is 6.23. The molecule has 9 aromatic rings. The lowest BCUT2D eigenvalue weighted by Crippen LogP contribution is -2.31. The Labute approximate surface area is 325 Å². The first-order valence-electron chi connectivity index (χ1n) is 19.2. The van der Waals surface area contributed by atoms with E-state index in [1.807, 2.05) is 48.5 Å². The minimum absolute atomic E-state index is 0.255. The van der Waals surface area contributed by atoms with Crippen molar-refractivity contribution in [2.75, 3.05) is 9.80 Å². The van der Waals surface area contributed by atoms with Crippen LogP contribution in [0.25, 0.3) is 45.1 Å². The fourth-order valence-electron chi connectivity index (χ4n) is 8.97. The average Bonchev–Trinajstić information content (AvgIpc) is 3.87. The molecule has 0 aliphatic carbocycles. The van der Waals surface area contributed by atoms with Crippen molar-refractivity contribution in [2.45, 2.75) is 38.5 Å². The van der Waals surface area contributed by atoms with Crippen LogP contribution in [-0.2, 0) is 10.8 Å². The van der Waals surface area contributed by atoms with Crippen molar-refractivity contribution in [2.24, 2.45) is 0 Å². The molecule has 6 nitrogen and oxygen atoms in total. The molecule has 2 aromatic heterocycles. The van der Waals surface area contributed by atoms with Crippen molar-refractivity contribution < 1.29 is 8.83 Å². The third kappa shape index (κ3) is 4.75. The van der Waals surface area contributed by atoms with Crippen molar-refractivity contribution in [3.8, 4) is 22.9 Å². The number of anilines is 6. The lowest BCUT2D eigenvalue weighted by molar-refractivity contribution is 0.615. The van der Waals surface area contributed by atoms with Crippen LogP contribution in [0, 0.1) is 0 Å². The quantitative estimate of drug-likeness (QED) is 0.180. The summed E-state index contributed by atoms with van der Waals surface area (Å²) in [5.41, 5.74) is 16.5. The smallest absolute Gasteiger partial charge is 0.227 e. The second-order valence-electron chi connectivity index (χ2n) is 15.9. The van der Waals surface area contributed by atoms with Crippen LogP contribution in [0.5, 0.6) is 0 Å². The van der Waals surface area contributed by atoms with E-state index in [2.05, 4.69) is 147 Å². The van der Waals surface area contributed by atoms with Gasteiger partial charge in [0.1, 0.15) is 11.0 Å². The molecule has 0 saturated heterocycles. The number of hydrogen-bond donors (Lipinski definition) is 0. The highest BCUT2D eigenvalue weighted by molar-refractivity contribution is 5.91. The molecule has 0 amide bonds. The molecule has 0 spiro atoms. The molecule has 0 bridgehead atoms. The minimum Gasteiger partial charge on any atom is -0.436 e. The first-order chi connectivity index (χ1) is 27.3. The zero-order chi connectivity index (χ0) is 37.8. The maximum atomic E-state index is 6.23. The molecule has 11 rings (SSSR count). The fourth-order valence-corrected chi connectivity index (χ4v) is 8.97. The second kappa shape index (κ2) is 11.8. The number of hydrogen-bond acceptors (Lipinski definition) is 6. The van der Waals surface area contributed by atoms with E-state index in [9.17, 15) is 0 Å². The monoisotopic (exact) mass is 726 g/mol. The standard InChI is InChI=1S/C50H38N4O2/c1-49(2)35-13-5-9-17-41(35)53(43-27-21-31(29-37(43)49)47-51-39-15-7-11-19-45(39)55-47)33-23-25-34(26-24-33)54-42-18-10-6-14-36(42)50(3,4)38-30-32(22-28-44(38)54)48-52-40-16-8-12-20-46(40)56-48/h5-30H,1-4H3. The summed E-state index contributed by atoms with van der Waals surface area (Å²) in [6, 6.07) is 55.6. The summed E-state index contributed by atoms with van der Waals surface area (Å²) < 4.78 is 12.5. The number of aromatic nitrogens is 2. The normalized spacial score (nSPS) is 15.0. The predicted molar refractivity (Wildman–Crippen MR) is 226 cm³/mol. The summed E-state index contributed by atoms with van der Waals surface area (Å²) in [6.07, 6.45) is 0. The molecule has 56 heavy (non-hydrogen) atoms. The van der Waals surface area contributed by atoms with Gasteiger partial charge in [-0.1, -0.05) is 88.4 Å². The van der Waals surface area contributed by atoms with Gasteiger partial charge in [-0.15, -0.1) is 0 Å². The molecule has 2 aliphatic rings. The van der Waals surface area contributed by atoms with Gasteiger partial charge in [-0.3, -0.25) is 0 Å². The highest BCUT2D eigenvalue weighted by Gasteiger charge is 2.39. The molecule has 7 aromatic carbocycles. The Balaban J connectivity index is 1.02. The third-order valence-corrected chi connectivity index (χ3v) is 11.9. The first-order valence-corrected chi connectivity index (χ1v) is 19.2. The zero-order valence-electron chi connectivity index (χ0n) is 31.6. The van der Waals surface area contributed by atoms with Gasteiger partial charge in [0.2, 0.25) is 11.8 Å². The van der Waals surface area contributed by atoms with Crippen LogP contribution in [0.15, 0.2) is 167 Å². The Kier molecular flexibility index (Phi) is 6.84. The summed E-state index contributed by atoms with van der Waals surface area (Å²) in [4.78, 5) is 14.4. The van der Waals surface area contributed by atoms with Crippen molar-refractivity contribution >= 4 is 56.3 Å². The van der Waals surface area contributed by atoms with Crippen LogP contribution in [0.4, 0.5) is 34.1 Å². The van der Waals surface area contributed by atoms with Gasteiger partial charge in [-0.2, -0.15) is 0 Å². The lowest BCUT2D eigenvalue weighted by Gasteiger charge is -2.43. The van der Waals surface area contributed by atoms with Crippen molar-refractivity contribution in [3.63, 3.8) is 0 Å². The molecule has 0 atom stereocenters. The van der Waals surface area contributed by atoms with Gasteiger partial charge in [-0.05, 0) is 119 Å². The minimum atomic E-state index is -0.255. The van der Waals surface area contributed by atoms with E-state index in [1.165, 1.54) is 33.6 Å². The van der Waals surface area contributed by atoms with Gasteiger partial charge in [0, 0.05) is 33.3 Å². The van der Waals surface area contributed by atoms with Gasteiger partial charge in [0.05, 0.1) is 22.7 Å². The van der Waals surface area contributed by atoms with Gasteiger partial charge in [-0.25, -0.2) is 9.97 Å². The van der Waals surface area contributed by atoms with Gasteiger partial charge < -0.3 is 18.6 Å². The zero-order valence-corrected chi connectivity index (χ0v) is 31.6. The highest BCUT2D eigenvalue weighted by atomic mass is 16.4. The Morgan fingerprint density at radius 2 is 0.768 bits per heavy atom. The summed E-state index contributed by atoms with van der Waals surface area (Å²) in [7, 11) is 0. The Morgan fingerprint density at radius 1 is 0.393 bits per heavy atom. The van der Waals surface area contributed by atoms with E-state index in [0.29, 0.717) is 11.8 Å². The van der Waals surface area contributed by atoms with E-state index in [1.54, 1.807) is 0 Å². The third-order valence-electron chi connectivity index (χ3n) is 11.9. The van der Waals surface area contributed by atoms with Gasteiger partial charge in [0.25, 0.3) is 0 Å². The first kappa shape index (κ1) is 32.5. The van der Waals surface area contributed by atoms with E-state index in [-0.39, 0.29) is 10.8 Å². The average molecular weight is 727 g/mol. The van der Waals surface area contributed by atoms with Crippen molar-refractivity contribution in [1.82, 2.24) is 9.97 Å². The molecule has 4 heterocycles. The number of para-hydroxylation sites is 6. The Morgan fingerprint density at radius 3 is 1.20 bits per heavy atom. The number of nitrogens with zero attached hydrogens (tertiary/aromatic N) is 4. The molecular formula is C50H38N4O2. The van der Waals surface area contributed by atoms with Crippen LogP contribution in [0.1, 0.15) is 49.9 Å². The summed E-state index contributed by atoms with van der Waals surface area (Å²) >= 11 is 0. The van der Waals surface area contributed by atoms with Crippen LogP contribution >= 0.6 is 0 Å². The van der Waals surface area contributed by atoms with Crippen molar-refractivity contribution in [1.29, 1.82) is 0 Å². The highest BCUT2D eigenvalue weighted by Crippen LogP contribution is 2.55. The maximum Gasteiger partial charge on any atom is 0.227 e. The molecule has 0 N–H and O–H groups in total. The van der Waals surface area contributed by atoms with E-state index in [4.69, 9.17) is 18.8 Å². The van der Waals surface area contributed by atoms with E-state index >= 15 is 0 Å². The van der Waals surface area contributed by atoms with E-state index in [0.717, 1.165) is 56.1 Å². The molecule has 2 aliphatic heterocycles. The summed E-state index contributed by atoms with van der Waals surface area (Å²) in [6.45, 7) is 9.24. The van der Waals surface area contributed by atoms with Crippen LogP contribution in [-0.4, -0.2) is 9.97 Å². The SMILES string of the molecule is CC1(C)c2ccccc2N(c2ccc(N3c4ccccc4C(C)(C)c4cc(-c5nc6ccccc6o5)ccc43)cc2)c2ccc(-c3nc4ccccc4o3)cc21. The molecule has 6 heteroatoms. The van der Waals surface area contributed by atoms with Crippen LogP contribution in [0.2, 0.25) is 0 Å². The molecule has 0 saturated carbocycles. The molecule has 270 valence electrons. The molecule has 0 fully saturated rings. The number of fused-ring (bicyclic) bond motifs is 6. The molecule has 0 unspecified atom stereocenters. The number of rotatable bonds is 4. The lowest BCUT2D eigenvalue weighted by atomic mass is 9.73. The van der Waals surface area contributed by atoms with Crippen LogP contribution in [0.3, 0.4) is 0 Å². The van der Waals surface area contributed by atoms with E-state index < -0.39 is 0 Å². The van der Waals surface area contributed by atoms with Crippen LogP contribution < -0.4 is 9.80 Å². The second-order valence-corrected chi connectivity index (χ2v) is 15.9. The largest absolute Gasteiger partial charge is 0.436 e. The van der Waals surface area contributed by atoms with Gasteiger partial charge >= 0.3 is 0 Å². The predicted octanol–water partition coefficient (Wildman–Crippen LogP) is 13.5. The van der Waals surface area contributed by atoms with Gasteiger partial charge in [0.15, 0.2) is 11.2 Å². The molecule has 0 radical (unpaired) electrons. The Bertz CT molecular complexity index is 2740. The van der Waals surface area contributed by atoms with Crippen molar-refractivity contribution in [3.05, 3.63) is 180 Å². The number of oxazole rings is 2. The Hall–Kier alpha value is -6.92. The molecular weight excluding hydrogens is 689 g/mol. The summed E-state index contributed by atoms with van der Waals surface area (Å²) in [5.74, 6) is 1.26. The number of benzene rings is 7. The topological polar surface area (TPSA) is 58.5 Å². The fraction of sp³-hybridized carbons (Fsp3) is 0.120. The summed E-state index contributed by atoms with van der Waals surface area (Å²) in [5, 5.41) is 0.